The number of nitrogens with zero attached hydrogens (tertiary/aromatic N) is 1. The maximum atomic E-state index is 5.54. The van der Waals surface area contributed by atoms with Gasteiger partial charge in [0.2, 0.25) is 0 Å². The Morgan fingerprint density at radius 1 is 1.04 bits per heavy atom. The van der Waals surface area contributed by atoms with Gasteiger partial charge >= 0.3 is 0 Å². The second-order valence-electron chi connectivity index (χ2n) is 5.59. The average Bonchev–Trinajstić information content (AvgIpc) is 2.64. The van der Waals surface area contributed by atoms with Gasteiger partial charge in [-0.05, 0) is 37.5 Å². The predicted octanol–water partition coefficient (Wildman–Crippen LogP) is 2.62. The molecule has 0 saturated heterocycles. The molecule has 0 radical (unpaired) electrons. The van der Waals surface area contributed by atoms with Crippen molar-refractivity contribution in [3.05, 3.63) is 23.8 Å². The van der Waals surface area contributed by atoms with E-state index in [2.05, 4.69) is 35.5 Å². The van der Waals surface area contributed by atoms with Crippen LogP contribution < -0.4 is 20.1 Å². The summed E-state index contributed by atoms with van der Waals surface area (Å²) >= 11 is 0. The molecule has 6 heteroatoms. The molecule has 0 atom stereocenters. The Morgan fingerprint density at radius 3 is 2.52 bits per heavy atom. The zero-order chi connectivity index (χ0) is 18.3. The summed E-state index contributed by atoms with van der Waals surface area (Å²) in [6.45, 7) is 7.98. The minimum atomic E-state index is 0.659. The fraction of sp³-hybridized carbons (Fsp3) is 0.632. The number of ether oxygens (including phenoxy) is 3. The fourth-order valence-corrected chi connectivity index (χ4v) is 2.27. The summed E-state index contributed by atoms with van der Waals surface area (Å²) in [7, 11) is 3.29. The van der Waals surface area contributed by atoms with Crippen molar-refractivity contribution in [3.8, 4) is 11.5 Å². The van der Waals surface area contributed by atoms with Crippen LogP contribution in [0.2, 0.25) is 0 Å². The number of hydrogen-bond donors (Lipinski definition) is 2. The Balaban J connectivity index is 2.41. The lowest BCUT2D eigenvalue weighted by Gasteiger charge is -2.12. The number of rotatable bonds is 12. The van der Waals surface area contributed by atoms with Crippen molar-refractivity contribution < 1.29 is 14.2 Å². The first kappa shape index (κ1) is 21.1. The third-order valence-corrected chi connectivity index (χ3v) is 3.65. The molecule has 0 aliphatic rings. The quantitative estimate of drug-likeness (QED) is 0.344. The lowest BCUT2D eigenvalue weighted by Crippen LogP contribution is -2.38. The van der Waals surface area contributed by atoms with E-state index >= 15 is 0 Å². The number of aliphatic imine (C=N–C) groups is 1. The molecule has 0 aromatic heterocycles. The zero-order valence-electron chi connectivity index (χ0n) is 16.1. The van der Waals surface area contributed by atoms with E-state index < -0.39 is 0 Å². The van der Waals surface area contributed by atoms with Crippen LogP contribution in [-0.2, 0) is 11.2 Å². The third-order valence-electron chi connectivity index (χ3n) is 3.65. The van der Waals surface area contributed by atoms with Crippen molar-refractivity contribution in [1.82, 2.24) is 10.6 Å². The maximum Gasteiger partial charge on any atom is 0.191 e. The number of guanidine groups is 1. The van der Waals surface area contributed by atoms with Crippen LogP contribution in [0.4, 0.5) is 0 Å². The monoisotopic (exact) mass is 351 g/mol. The Morgan fingerprint density at radius 2 is 1.84 bits per heavy atom. The van der Waals surface area contributed by atoms with Gasteiger partial charge in [-0.2, -0.15) is 0 Å². The number of benzene rings is 1. The number of unbranched alkanes of at least 4 members (excludes halogenated alkanes) is 1. The molecule has 0 amide bonds. The van der Waals surface area contributed by atoms with Crippen LogP contribution in [0.15, 0.2) is 23.2 Å². The van der Waals surface area contributed by atoms with Gasteiger partial charge in [0, 0.05) is 19.7 Å². The Labute approximate surface area is 152 Å². The van der Waals surface area contributed by atoms with Gasteiger partial charge in [-0.25, -0.2) is 0 Å². The third kappa shape index (κ3) is 8.63. The van der Waals surface area contributed by atoms with Crippen molar-refractivity contribution >= 4 is 5.96 Å². The molecule has 0 fully saturated rings. The smallest absolute Gasteiger partial charge is 0.191 e. The first-order chi connectivity index (χ1) is 12.2. The minimum absolute atomic E-state index is 0.659. The molecule has 0 saturated carbocycles. The highest BCUT2D eigenvalue weighted by molar-refractivity contribution is 5.79. The fourth-order valence-electron chi connectivity index (χ4n) is 2.27. The highest BCUT2D eigenvalue weighted by atomic mass is 16.5. The summed E-state index contributed by atoms with van der Waals surface area (Å²) in [5.41, 5.74) is 1.18. The van der Waals surface area contributed by atoms with Crippen LogP contribution in [0.1, 0.15) is 32.3 Å². The number of hydrogen-bond acceptors (Lipinski definition) is 4. The molecule has 0 unspecified atom stereocenters. The van der Waals surface area contributed by atoms with Gasteiger partial charge in [-0.1, -0.05) is 19.4 Å². The highest BCUT2D eigenvalue weighted by Crippen LogP contribution is 2.27. The largest absolute Gasteiger partial charge is 0.493 e. The lowest BCUT2D eigenvalue weighted by molar-refractivity contribution is 0.139. The first-order valence-electron chi connectivity index (χ1n) is 9.05. The predicted molar refractivity (Wildman–Crippen MR) is 103 cm³/mol. The molecular weight excluding hydrogens is 318 g/mol. The van der Waals surface area contributed by atoms with Crippen molar-refractivity contribution in [2.45, 2.75) is 33.1 Å². The van der Waals surface area contributed by atoms with E-state index in [4.69, 9.17) is 14.2 Å². The topological polar surface area (TPSA) is 64.1 Å². The molecule has 0 spiro atoms. The Kier molecular flexibility index (Phi) is 11.3. The van der Waals surface area contributed by atoms with Gasteiger partial charge < -0.3 is 24.8 Å². The van der Waals surface area contributed by atoms with E-state index in [1.807, 2.05) is 12.1 Å². The molecule has 0 aliphatic heterocycles. The lowest BCUT2D eigenvalue weighted by atomic mass is 10.1. The van der Waals surface area contributed by atoms with E-state index in [9.17, 15) is 0 Å². The van der Waals surface area contributed by atoms with Crippen LogP contribution in [0.25, 0.3) is 0 Å². The second kappa shape index (κ2) is 13.4. The summed E-state index contributed by atoms with van der Waals surface area (Å²) in [4.78, 5) is 4.53. The van der Waals surface area contributed by atoms with E-state index in [-0.39, 0.29) is 0 Å². The first-order valence-corrected chi connectivity index (χ1v) is 9.05. The normalized spacial score (nSPS) is 11.3. The molecule has 6 nitrogen and oxygen atoms in total. The summed E-state index contributed by atoms with van der Waals surface area (Å²) < 4.78 is 16.1. The van der Waals surface area contributed by atoms with E-state index in [0.29, 0.717) is 13.2 Å². The Hall–Kier alpha value is -1.95. The van der Waals surface area contributed by atoms with Crippen molar-refractivity contribution in [2.24, 2.45) is 4.99 Å². The molecular formula is C19H33N3O3. The number of methoxy groups -OCH3 is 2. The molecule has 25 heavy (non-hydrogen) atoms. The van der Waals surface area contributed by atoms with Crippen LogP contribution in [-0.4, -0.2) is 53.0 Å². The molecule has 1 aromatic rings. The minimum Gasteiger partial charge on any atom is -0.493 e. The van der Waals surface area contributed by atoms with Crippen LogP contribution >= 0.6 is 0 Å². The molecule has 1 aromatic carbocycles. The van der Waals surface area contributed by atoms with E-state index in [1.165, 1.54) is 5.56 Å². The van der Waals surface area contributed by atoms with Crippen molar-refractivity contribution in [3.63, 3.8) is 0 Å². The zero-order valence-corrected chi connectivity index (χ0v) is 16.1. The van der Waals surface area contributed by atoms with Crippen molar-refractivity contribution in [2.75, 3.05) is 47.1 Å². The van der Waals surface area contributed by atoms with Gasteiger partial charge in [0.15, 0.2) is 17.5 Å². The van der Waals surface area contributed by atoms with Gasteiger partial charge in [0.25, 0.3) is 0 Å². The Bertz CT molecular complexity index is 507. The van der Waals surface area contributed by atoms with Gasteiger partial charge in [-0.15, -0.1) is 0 Å². The summed E-state index contributed by atoms with van der Waals surface area (Å²) in [5.74, 6) is 2.32. The second-order valence-corrected chi connectivity index (χ2v) is 5.59. The maximum absolute atomic E-state index is 5.54. The molecule has 1 rings (SSSR count). The van der Waals surface area contributed by atoms with E-state index in [0.717, 1.165) is 56.4 Å². The SMILES string of the molecule is CCCCOCCN=C(NCC)NCCc1ccc(OC)c(OC)c1. The van der Waals surface area contributed by atoms with Crippen LogP contribution in [0, 0.1) is 0 Å². The molecule has 142 valence electrons. The van der Waals surface area contributed by atoms with Gasteiger partial charge in [-0.3, -0.25) is 4.99 Å². The van der Waals surface area contributed by atoms with Crippen LogP contribution in [0.5, 0.6) is 11.5 Å². The molecule has 0 aliphatic carbocycles. The van der Waals surface area contributed by atoms with Crippen molar-refractivity contribution in [1.29, 1.82) is 0 Å². The van der Waals surface area contributed by atoms with E-state index in [1.54, 1.807) is 14.2 Å². The molecule has 0 bridgehead atoms. The number of nitrogens with one attached hydrogen (secondary N) is 2. The summed E-state index contributed by atoms with van der Waals surface area (Å²) in [6, 6.07) is 5.99. The van der Waals surface area contributed by atoms with Gasteiger partial charge in [0.1, 0.15) is 0 Å². The molecule has 0 heterocycles. The molecule has 2 N–H and O–H groups in total. The summed E-state index contributed by atoms with van der Waals surface area (Å²) in [5, 5.41) is 6.60. The highest BCUT2D eigenvalue weighted by Gasteiger charge is 2.05. The van der Waals surface area contributed by atoms with Crippen LogP contribution in [0.3, 0.4) is 0 Å². The van der Waals surface area contributed by atoms with Gasteiger partial charge in [0.05, 0.1) is 27.4 Å². The average molecular weight is 351 g/mol. The summed E-state index contributed by atoms with van der Waals surface area (Å²) in [6.07, 6.45) is 3.13. The standard InChI is InChI=1S/C19H33N3O3/c1-5-7-13-25-14-12-22-19(20-6-2)21-11-10-16-8-9-17(23-3)18(15-16)24-4/h8-9,15H,5-7,10-14H2,1-4H3,(H2,20,21,22).